The van der Waals surface area contributed by atoms with E-state index in [1.54, 1.807) is 0 Å². The minimum atomic E-state index is -0.655. The smallest absolute Gasteiger partial charge is 0.271 e. The molecule has 2 saturated heterocycles. The lowest BCUT2D eigenvalue weighted by Crippen LogP contribution is -2.61. The van der Waals surface area contributed by atoms with E-state index in [1.165, 1.54) is 25.5 Å². The van der Waals surface area contributed by atoms with E-state index in [2.05, 4.69) is 74.9 Å². The molecule has 10 nitrogen and oxygen atoms in total. The highest BCUT2D eigenvalue weighted by Gasteiger charge is 2.46. The number of hydrogen-bond donors (Lipinski definition) is 3. The summed E-state index contributed by atoms with van der Waals surface area (Å²) in [6, 6.07) is 32.1. The predicted octanol–water partition coefficient (Wildman–Crippen LogP) is 8.45. The number of carbonyl (C=O) groups is 2. The number of rotatable bonds is 10. The van der Waals surface area contributed by atoms with Gasteiger partial charge in [-0.1, -0.05) is 92.6 Å². The lowest BCUT2D eigenvalue weighted by atomic mass is 9.75. The largest absolute Gasteiger partial charge is 0.392 e. The van der Waals surface area contributed by atoms with Crippen LogP contribution in [-0.2, 0) is 27.4 Å². The first-order valence-corrected chi connectivity index (χ1v) is 21.3. The number of likely N-dealkylation sites (tertiary alicyclic amines) is 1. The molecule has 3 N–H and O–H groups in total. The van der Waals surface area contributed by atoms with Gasteiger partial charge in [-0.05, 0) is 104 Å². The number of hydrogen-bond acceptors (Lipinski definition) is 8. The van der Waals surface area contributed by atoms with Gasteiger partial charge < -0.3 is 25.2 Å². The number of nitrogens with zero attached hydrogens (tertiary/aromatic N) is 3. The van der Waals surface area contributed by atoms with Crippen LogP contribution in [0.2, 0.25) is 0 Å². The Labute approximate surface area is 347 Å². The standard InChI is InChI=1S/C49H57N5O5/c1-31-44(29-54-42-18-8-5-12-34(42)23-24-43(54)47(57)53-49(2,3)4)58-48(59-45(31)35-21-19-32(30-55)20-22-35)38-15-10-14-37(26-38)36-13-9-11-33(25-36)27-51-46(56)41-28-50-39-16-6-7-17-40(39)52-41/h6-7,9-11,13-17,19-22,25-26,28,31,34,42-45,48,55H,5,8,12,18,23-24,27,29-30H2,1-4H3,(H,51,56)(H,53,57)/t31-,34-,42-,43-,44+,45+,48+/m1/s1. The molecule has 59 heavy (non-hydrogen) atoms. The Balaban J connectivity index is 1.05. The summed E-state index contributed by atoms with van der Waals surface area (Å²) < 4.78 is 14.0. The van der Waals surface area contributed by atoms with Gasteiger partial charge >= 0.3 is 0 Å². The first-order chi connectivity index (χ1) is 28.5. The molecule has 3 heterocycles. The predicted molar refractivity (Wildman–Crippen MR) is 229 cm³/mol. The number of fused-ring (bicyclic) bond motifs is 2. The fraction of sp³-hybridized carbons (Fsp3) is 0.429. The highest BCUT2D eigenvalue weighted by Crippen LogP contribution is 2.45. The number of piperidine rings is 1. The topological polar surface area (TPSA) is 126 Å². The molecular weight excluding hydrogens is 739 g/mol. The van der Waals surface area contributed by atoms with Crippen molar-refractivity contribution in [2.75, 3.05) is 6.54 Å². The van der Waals surface area contributed by atoms with Gasteiger partial charge in [-0.2, -0.15) is 0 Å². The molecule has 308 valence electrons. The third-order valence-electron chi connectivity index (χ3n) is 12.4. The van der Waals surface area contributed by atoms with Crippen molar-refractivity contribution < 1.29 is 24.2 Å². The molecule has 1 aromatic heterocycles. The quantitative estimate of drug-likeness (QED) is 0.129. The summed E-state index contributed by atoms with van der Waals surface area (Å²) in [5.74, 6) is 0.391. The van der Waals surface area contributed by atoms with E-state index >= 15 is 0 Å². The van der Waals surface area contributed by atoms with Crippen molar-refractivity contribution in [2.24, 2.45) is 11.8 Å². The first-order valence-electron chi connectivity index (χ1n) is 21.3. The fourth-order valence-electron chi connectivity index (χ4n) is 9.33. The Morgan fingerprint density at radius 3 is 2.34 bits per heavy atom. The Morgan fingerprint density at radius 2 is 1.56 bits per heavy atom. The second-order valence-electron chi connectivity index (χ2n) is 17.7. The van der Waals surface area contributed by atoms with Gasteiger partial charge in [0.15, 0.2) is 6.29 Å². The van der Waals surface area contributed by atoms with Gasteiger partial charge in [-0.15, -0.1) is 0 Å². The maximum absolute atomic E-state index is 14.0. The minimum absolute atomic E-state index is 0.0165. The fourth-order valence-corrected chi connectivity index (χ4v) is 9.33. The summed E-state index contributed by atoms with van der Waals surface area (Å²) >= 11 is 0. The van der Waals surface area contributed by atoms with Crippen LogP contribution in [0.5, 0.6) is 0 Å². The number of amides is 2. The summed E-state index contributed by atoms with van der Waals surface area (Å²) in [5, 5.41) is 16.1. The van der Waals surface area contributed by atoms with E-state index in [-0.39, 0.29) is 53.8 Å². The van der Waals surface area contributed by atoms with Crippen LogP contribution in [0.1, 0.15) is 111 Å². The molecule has 4 aromatic carbocycles. The highest BCUT2D eigenvalue weighted by atomic mass is 16.7. The van der Waals surface area contributed by atoms with E-state index < -0.39 is 6.29 Å². The van der Waals surface area contributed by atoms with Gasteiger partial charge in [0.25, 0.3) is 5.91 Å². The van der Waals surface area contributed by atoms with Crippen molar-refractivity contribution in [2.45, 2.75) is 115 Å². The van der Waals surface area contributed by atoms with Gasteiger partial charge in [0.2, 0.25) is 5.91 Å². The second kappa shape index (κ2) is 17.7. The Morgan fingerprint density at radius 1 is 0.814 bits per heavy atom. The van der Waals surface area contributed by atoms with E-state index in [0.717, 1.165) is 58.2 Å². The van der Waals surface area contributed by atoms with Crippen LogP contribution < -0.4 is 10.6 Å². The van der Waals surface area contributed by atoms with Crippen LogP contribution in [0.25, 0.3) is 22.2 Å². The number of aliphatic hydroxyl groups excluding tert-OH is 1. The lowest BCUT2D eigenvalue weighted by Gasteiger charge is -2.51. The average molecular weight is 796 g/mol. The monoisotopic (exact) mass is 795 g/mol. The van der Waals surface area contributed by atoms with Crippen molar-refractivity contribution >= 4 is 22.8 Å². The molecule has 1 saturated carbocycles. The molecule has 5 aromatic rings. The average Bonchev–Trinajstić information content (AvgIpc) is 3.25. The molecule has 0 bridgehead atoms. The van der Waals surface area contributed by atoms with Gasteiger partial charge in [-0.3, -0.25) is 19.5 Å². The SMILES string of the molecule is C[C@@H]1[C@H](CN2[C@@H](C(=O)NC(C)(C)C)CC[C@H]3CCCC[C@H]32)O[C@H](c2cccc(-c3cccc(CNC(=O)c4cnc5ccccc5n4)c3)c2)O[C@@H]1c1ccc(CO)cc1. The van der Waals surface area contributed by atoms with E-state index in [9.17, 15) is 14.7 Å². The van der Waals surface area contributed by atoms with Crippen LogP contribution in [-0.4, -0.2) is 62.1 Å². The number of para-hydroxylation sites is 2. The first kappa shape index (κ1) is 40.8. The number of benzene rings is 4. The maximum atomic E-state index is 14.0. The summed E-state index contributed by atoms with van der Waals surface area (Å²) in [6.45, 7) is 9.29. The molecule has 3 aliphatic rings. The molecule has 0 radical (unpaired) electrons. The van der Waals surface area contributed by atoms with Crippen LogP contribution in [0.15, 0.2) is 103 Å². The molecule has 10 heteroatoms. The van der Waals surface area contributed by atoms with Crippen LogP contribution in [0, 0.1) is 11.8 Å². The maximum Gasteiger partial charge on any atom is 0.271 e. The number of aromatic nitrogens is 2. The summed E-state index contributed by atoms with van der Waals surface area (Å²) in [4.78, 5) is 38.4. The molecule has 7 atom stereocenters. The van der Waals surface area contributed by atoms with Gasteiger partial charge in [0, 0.05) is 36.2 Å². The summed E-state index contributed by atoms with van der Waals surface area (Å²) in [6.07, 6.45) is 7.02. The van der Waals surface area contributed by atoms with Gasteiger partial charge in [0.1, 0.15) is 5.69 Å². The van der Waals surface area contributed by atoms with Crippen LogP contribution in [0.3, 0.4) is 0 Å². The molecule has 2 aliphatic heterocycles. The molecule has 1 aliphatic carbocycles. The zero-order valence-electron chi connectivity index (χ0n) is 34.6. The molecule has 0 unspecified atom stereocenters. The van der Waals surface area contributed by atoms with E-state index in [4.69, 9.17) is 9.47 Å². The summed E-state index contributed by atoms with van der Waals surface area (Å²) in [7, 11) is 0. The number of nitrogens with one attached hydrogen (secondary N) is 2. The van der Waals surface area contributed by atoms with Crippen LogP contribution in [0.4, 0.5) is 0 Å². The van der Waals surface area contributed by atoms with Crippen LogP contribution >= 0.6 is 0 Å². The van der Waals surface area contributed by atoms with Crippen molar-refractivity contribution in [1.29, 1.82) is 0 Å². The Kier molecular flexibility index (Phi) is 12.2. The normalized spacial score (nSPS) is 24.9. The third kappa shape index (κ3) is 9.42. The molecule has 8 rings (SSSR count). The van der Waals surface area contributed by atoms with Crippen molar-refractivity contribution in [3.8, 4) is 11.1 Å². The van der Waals surface area contributed by atoms with Crippen molar-refractivity contribution in [3.63, 3.8) is 0 Å². The Bertz CT molecular complexity index is 2260. The highest BCUT2D eigenvalue weighted by molar-refractivity contribution is 5.93. The molecular formula is C49H57N5O5. The number of carbonyl (C=O) groups excluding carboxylic acids is 2. The Hall–Kier alpha value is -5.00. The summed E-state index contributed by atoms with van der Waals surface area (Å²) in [5.41, 5.74) is 7.12. The van der Waals surface area contributed by atoms with E-state index in [1.807, 2.05) is 75.4 Å². The van der Waals surface area contributed by atoms with Crippen molar-refractivity contribution in [3.05, 3.63) is 131 Å². The van der Waals surface area contributed by atoms with Gasteiger partial charge in [-0.25, -0.2) is 4.98 Å². The zero-order chi connectivity index (χ0) is 41.1. The minimum Gasteiger partial charge on any atom is -0.392 e. The number of ether oxygens (including phenoxy) is 2. The van der Waals surface area contributed by atoms with Crippen molar-refractivity contribution in [1.82, 2.24) is 25.5 Å². The molecule has 3 fully saturated rings. The third-order valence-corrected chi connectivity index (χ3v) is 12.4. The van der Waals surface area contributed by atoms with E-state index in [0.29, 0.717) is 30.6 Å². The zero-order valence-corrected chi connectivity index (χ0v) is 34.6. The molecule has 2 amide bonds. The number of aliphatic hydroxyl groups is 1. The molecule has 0 spiro atoms. The van der Waals surface area contributed by atoms with Gasteiger partial charge in [0.05, 0.1) is 42.1 Å². The lowest BCUT2D eigenvalue weighted by molar-refractivity contribution is -0.278. The second-order valence-corrected chi connectivity index (χ2v) is 17.7.